The van der Waals surface area contributed by atoms with Gasteiger partial charge in [0.1, 0.15) is 5.65 Å². The van der Waals surface area contributed by atoms with Crippen LogP contribution in [0.1, 0.15) is 11.1 Å². The molecule has 0 N–H and O–H groups in total. The van der Waals surface area contributed by atoms with Crippen molar-refractivity contribution in [3.05, 3.63) is 106 Å². The van der Waals surface area contributed by atoms with Gasteiger partial charge < -0.3 is 0 Å². The number of hydrogen-bond donors (Lipinski definition) is 0. The molecule has 0 atom stereocenters. The van der Waals surface area contributed by atoms with Crippen molar-refractivity contribution in [1.82, 2.24) is 9.38 Å². The summed E-state index contributed by atoms with van der Waals surface area (Å²) in [6.07, 6.45) is 0. The quantitative estimate of drug-likeness (QED) is 0.353. The third-order valence-electron chi connectivity index (χ3n) is 5.39. The van der Waals surface area contributed by atoms with Crippen molar-refractivity contribution in [2.24, 2.45) is 0 Å². The predicted octanol–water partition coefficient (Wildman–Crippen LogP) is 4.99. The number of hydrogen-bond acceptors (Lipinski definition) is 2. The molecule has 2 heterocycles. The number of rotatable bonds is 0. The van der Waals surface area contributed by atoms with Crippen LogP contribution in [0, 0.1) is 11.8 Å². The zero-order valence-electron chi connectivity index (χ0n) is 15.4. The van der Waals surface area contributed by atoms with Gasteiger partial charge in [-0.1, -0.05) is 60.4 Å². The third kappa shape index (κ3) is 2.27. The lowest BCUT2D eigenvalue weighted by atomic mass is 9.98. The van der Waals surface area contributed by atoms with Crippen molar-refractivity contribution in [3.63, 3.8) is 0 Å². The molecule has 0 saturated heterocycles. The Hall–Kier alpha value is -4.16. The number of nitrogens with zero attached hydrogens (tertiary/aromatic N) is 2. The SMILES string of the molecule is O=c1c2ccc(C#Cc3ccccc3)c3cccc(c32)c2nc3ccccc3n12. The molecule has 6 rings (SSSR count). The van der Waals surface area contributed by atoms with Crippen LogP contribution in [-0.2, 0) is 0 Å². The first kappa shape index (κ1) is 15.9. The maximum atomic E-state index is 13.3. The van der Waals surface area contributed by atoms with Gasteiger partial charge in [-0.25, -0.2) is 4.98 Å². The molecule has 0 aliphatic carbocycles. The summed E-state index contributed by atoms with van der Waals surface area (Å²) in [7, 11) is 0. The van der Waals surface area contributed by atoms with Gasteiger partial charge in [0.15, 0.2) is 0 Å². The van der Waals surface area contributed by atoms with E-state index in [0.29, 0.717) is 11.0 Å². The van der Waals surface area contributed by atoms with Crippen molar-refractivity contribution in [2.45, 2.75) is 0 Å². The van der Waals surface area contributed by atoms with Crippen LogP contribution in [0.25, 0.3) is 38.2 Å². The highest BCUT2D eigenvalue weighted by Gasteiger charge is 2.16. The number of pyridine rings is 1. The minimum Gasteiger partial charge on any atom is -0.268 e. The summed E-state index contributed by atoms with van der Waals surface area (Å²) in [4.78, 5) is 18.1. The van der Waals surface area contributed by atoms with Crippen molar-refractivity contribution in [3.8, 4) is 11.8 Å². The van der Waals surface area contributed by atoms with E-state index in [2.05, 4.69) is 11.8 Å². The van der Waals surface area contributed by atoms with E-state index in [4.69, 9.17) is 4.98 Å². The molecule has 6 aromatic rings. The van der Waals surface area contributed by atoms with Crippen LogP contribution in [0.5, 0.6) is 0 Å². The minimum atomic E-state index is -0.0417. The monoisotopic (exact) mass is 370 g/mol. The molecule has 4 aromatic carbocycles. The fourth-order valence-corrected chi connectivity index (χ4v) is 4.07. The van der Waals surface area contributed by atoms with Crippen LogP contribution in [0.15, 0.2) is 89.7 Å². The van der Waals surface area contributed by atoms with Crippen LogP contribution in [-0.4, -0.2) is 9.38 Å². The zero-order valence-corrected chi connectivity index (χ0v) is 15.4. The van der Waals surface area contributed by atoms with Crippen LogP contribution < -0.4 is 5.56 Å². The van der Waals surface area contributed by atoms with Gasteiger partial charge in [-0.2, -0.15) is 0 Å². The second kappa shape index (κ2) is 5.92. The van der Waals surface area contributed by atoms with Crippen molar-refractivity contribution in [1.29, 1.82) is 0 Å². The van der Waals surface area contributed by atoms with E-state index in [0.717, 1.165) is 38.3 Å². The first-order valence-electron chi connectivity index (χ1n) is 9.46. The van der Waals surface area contributed by atoms with Crippen LogP contribution >= 0.6 is 0 Å². The Morgan fingerprint density at radius 2 is 1.48 bits per heavy atom. The Bertz CT molecular complexity index is 1670. The molecular formula is C26H14N2O. The normalized spacial score (nSPS) is 11.3. The van der Waals surface area contributed by atoms with Gasteiger partial charge in [0.25, 0.3) is 5.56 Å². The molecule has 2 aromatic heterocycles. The van der Waals surface area contributed by atoms with E-state index < -0.39 is 0 Å². The van der Waals surface area contributed by atoms with Gasteiger partial charge in [-0.15, -0.1) is 0 Å². The highest BCUT2D eigenvalue weighted by Crippen LogP contribution is 2.31. The number of benzene rings is 4. The predicted molar refractivity (Wildman–Crippen MR) is 118 cm³/mol. The molecule has 0 fully saturated rings. The molecule has 0 aliphatic rings. The summed E-state index contributed by atoms with van der Waals surface area (Å²) in [5.41, 5.74) is 4.19. The van der Waals surface area contributed by atoms with Crippen molar-refractivity contribution in [2.75, 3.05) is 0 Å². The van der Waals surface area contributed by atoms with Gasteiger partial charge in [0.2, 0.25) is 0 Å². The van der Waals surface area contributed by atoms with Gasteiger partial charge in [-0.3, -0.25) is 9.20 Å². The van der Waals surface area contributed by atoms with E-state index >= 15 is 0 Å². The van der Waals surface area contributed by atoms with E-state index in [1.165, 1.54) is 0 Å². The molecule has 0 radical (unpaired) electrons. The van der Waals surface area contributed by atoms with Crippen LogP contribution in [0.3, 0.4) is 0 Å². The first-order chi connectivity index (χ1) is 14.3. The largest absolute Gasteiger partial charge is 0.268 e. The standard InChI is InChI=1S/C26H14N2O/c29-26-21-16-15-18(14-13-17-7-2-1-3-8-17)19-9-6-10-20(24(19)21)25-27-22-11-4-5-12-23(22)28(25)26/h1-12,15-16H. The molecule has 0 spiro atoms. The number of para-hydroxylation sites is 2. The Morgan fingerprint density at radius 3 is 2.38 bits per heavy atom. The topological polar surface area (TPSA) is 34.4 Å². The lowest BCUT2D eigenvalue weighted by Crippen LogP contribution is -2.13. The van der Waals surface area contributed by atoms with E-state index in [1.807, 2.05) is 84.9 Å². The van der Waals surface area contributed by atoms with E-state index in [1.54, 1.807) is 4.40 Å². The second-order valence-electron chi connectivity index (χ2n) is 7.07. The highest BCUT2D eigenvalue weighted by molar-refractivity contribution is 6.16. The number of aromatic nitrogens is 2. The summed E-state index contributed by atoms with van der Waals surface area (Å²) in [6.45, 7) is 0. The molecule has 29 heavy (non-hydrogen) atoms. The molecular weight excluding hydrogens is 356 g/mol. The van der Waals surface area contributed by atoms with E-state index in [-0.39, 0.29) is 5.56 Å². The minimum absolute atomic E-state index is 0.0417. The average molecular weight is 370 g/mol. The molecule has 0 aliphatic heterocycles. The summed E-state index contributed by atoms with van der Waals surface area (Å²) in [6, 6.07) is 27.6. The molecule has 3 nitrogen and oxygen atoms in total. The smallest absolute Gasteiger partial charge is 0.264 e. The molecule has 0 saturated carbocycles. The van der Waals surface area contributed by atoms with Crippen LogP contribution in [0.4, 0.5) is 0 Å². The first-order valence-corrected chi connectivity index (χ1v) is 9.46. The average Bonchev–Trinajstić information content (AvgIpc) is 3.17. The van der Waals surface area contributed by atoms with E-state index in [9.17, 15) is 4.79 Å². The molecule has 0 bridgehead atoms. The molecule has 134 valence electrons. The highest BCUT2D eigenvalue weighted by atomic mass is 16.1. The summed E-state index contributed by atoms with van der Waals surface area (Å²) in [5.74, 6) is 6.51. The van der Waals surface area contributed by atoms with Crippen molar-refractivity contribution >= 4 is 38.2 Å². The molecule has 3 heteroatoms. The Labute approximate surface area is 166 Å². The van der Waals surface area contributed by atoms with Gasteiger partial charge >= 0.3 is 0 Å². The fourth-order valence-electron chi connectivity index (χ4n) is 4.07. The Kier molecular flexibility index (Phi) is 3.24. The summed E-state index contributed by atoms with van der Waals surface area (Å²) < 4.78 is 1.72. The number of imidazole rings is 1. The zero-order chi connectivity index (χ0) is 19.4. The van der Waals surface area contributed by atoms with Crippen LogP contribution in [0.2, 0.25) is 0 Å². The molecule has 0 unspecified atom stereocenters. The summed E-state index contributed by atoms with van der Waals surface area (Å²) in [5, 5.41) is 3.57. The Balaban J connectivity index is 1.74. The Morgan fingerprint density at radius 1 is 0.690 bits per heavy atom. The lowest BCUT2D eigenvalue weighted by Gasteiger charge is -2.08. The lowest BCUT2D eigenvalue weighted by molar-refractivity contribution is 1.19. The molecule has 0 amide bonds. The van der Waals surface area contributed by atoms with Gasteiger partial charge in [0, 0.05) is 27.3 Å². The third-order valence-corrected chi connectivity index (χ3v) is 5.39. The summed E-state index contributed by atoms with van der Waals surface area (Å²) >= 11 is 0. The van der Waals surface area contributed by atoms with Gasteiger partial charge in [0.05, 0.1) is 11.0 Å². The maximum absolute atomic E-state index is 13.3. The fraction of sp³-hybridized carbons (Fsp3) is 0. The maximum Gasteiger partial charge on any atom is 0.264 e. The van der Waals surface area contributed by atoms with Gasteiger partial charge in [-0.05, 0) is 41.8 Å². The number of fused-ring (bicyclic) bond motifs is 4. The van der Waals surface area contributed by atoms with Crippen molar-refractivity contribution < 1.29 is 0 Å². The second-order valence-corrected chi connectivity index (χ2v) is 7.07.